The molecule has 0 spiro atoms. The number of hydrogen-bond acceptors (Lipinski definition) is 4. The average molecular weight is 312 g/mol. The summed E-state index contributed by atoms with van der Waals surface area (Å²) < 4.78 is 24.5. The quantitative estimate of drug-likeness (QED) is 0.890. The number of nitrogens with one attached hydrogen (secondary N) is 2. The minimum Gasteiger partial charge on any atom is -0.366 e. The van der Waals surface area contributed by atoms with Crippen LogP contribution in [0, 0.1) is 0 Å². The zero-order chi connectivity index (χ0) is 14.9. The Labute approximate surface area is 126 Å². The van der Waals surface area contributed by atoms with Gasteiger partial charge in [-0.25, -0.2) is 12.7 Å². The molecule has 1 aliphatic carbocycles. The van der Waals surface area contributed by atoms with E-state index >= 15 is 0 Å². The number of nitrogens with zero attached hydrogens (tertiary/aromatic N) is 2. The molecule has 2 aliphatic rings. The molecular formula is C14H24N4O2S. The zero-order valence-electron chi connectivity index (χ0n) is 12.5. The van der Waals surface area contributed by atoms with Gasteiger partial charge in [-0.15, -0.1) is 0 Å². The average Bonchev–Trinajstić information content (AvgIpc) is 3.08. The molecule has 0 amide bonds. The molecule has 0 unspecified atom stereocenters. The highest BCUT2D eigenvalue weighted by Gasteiger charge is 2.25. The van der Waals surface area contributed by atoms with Gasteiger partial charge in [-0.05, 0) is 25.7 Å². The number of hydrogen-bond donors (Lipinski definition) is 2. The summed E-state index contributed by atoms with van der Waals surface area (Å²) in [6.07, 6.45) is 8.09. The minimum atomic E-state index is -3.05. The largest absolute Gasteiger partial charge is 0.366 e. The lowest BCUT2D eigenvalue weighted by atomic mass is 10.0. The van der Waals surface area contributed by atoms with E-state index in [2.05, 4.69) is 21.6 Å². The molecule has 1 aromatic heterocycles. The Bertz CT molecular complexity index is 570. The van der Waals surface area contributed by atoms with Crippen molar-refractivity contribution in [2.45, 2.75) is 50.5 Å². The van der Waals surface area contributed by atoms with Crippen molar-refractivity contribution >= 4 is 15.8 Å². The number of anilines is 1. The highest BCUT2D eigenvalue weighted by atomic mass is 32.2. The maximum absolute atomic E-state index is 11.5. The molecular weight excluding hydrogens is 288 g/mol. The van der Waals surface area contributed by atoms with Crippen molar-refractivity contribution in [3.63, 3.8) is 0 Å². The molecule has 118 valence electrons. The molecule has 1 aromatic rings. The minimum absolute atomic E-state index is 0.308. The van der Waals surface area contributed by atoms with Gasteiger partial charge in [-0.1, -0.05) is 12.8 Å². The Hall–Kier alpha value is -1.08. The Kier molecular flexibility index (Phi) is 4.21. The van der Waals surface area contributed by atoms with Crippen molar-refractivity contribution in [1.29, 1.82) is 0 Å². The highest BCUT2D eigenvalue weighted by molar-refractivity contribution is 7.88. The molecule has 3 rings (SSSR count). The van der Waals surface area contributed by atoms with E-state index in [1.165, 1.54) is 37.6 Å². The molecule has 6 nitrogen and oxygen atoms in total. The van der Waals surface area contributed by atoms with Gasteiger partial charge in [0.1, 0.15) is 5.82 Å². The molecule has 1 saturated heterocycles. The van der Waals surface area contributed by atoms with E-state index in [0.717, 1.165) is 18.7 Å². The van der Waals surface area contributed by atoms with Crippen molar-refractivity contribution in [1.82, 2.24) is 14.5 Å². The van der Waals surface area contributed by atoms with E-state index in [1.54, 1.807) is 4.31 Å². The molecule has 0 radical (unpaired) electrons. The van der Waals surface area contributed by atoms with Crippen LogP contribution < -0.4 is 5.32 Å². The molecule has 1 aliphatic heterocycles. The number of H-pyrrole nitrogens is 1. The smallest absolute Gasteiger partial charge is 0.211 e. The van der Waals surface area contributed by atoms with Crippen molar-refractivity contribution in [2.24, 2.45) is 0 Å². The first-order chi connectivity index (χ1) is 10.0. The van der Waals surface area contributed by atoms with Gasteiger partial charge in [0.2, 0.25) is 10.0 Å². The second-order valence-electron chi connectivity index (χ2n) is 6.27. The number of piperidine rings is 1. The van der Waals surface area contributed by atoms with E-state index in [1.807, 2.05) is 0 Å². The maximum Gasteiger partial charge on any atom is 0.211 e. The summed E-state index contributed by atoms with van der Waals surface area (Å²) in [6.45, 7) is 1.19. The second kappa shape index (κ2) is 5.96. The van der Waals surface area contributed by atoms with Crippen LogP contribution in [0.15, 0.2) is 6.07 Å². The highest BCUT2D eigenvalue weighted by Crippen LogP contribution is 2.33. The summed E-state index contributed by atoms with van der Waals surface area (Å²) >= 11 is 0. The van der Waals surface area contributed by atoms with Crippen LogP contribution in [0.4, 0.5) is 5.82 Å². The fourth-order valence-corrected chi connectivity index (χ4v) is 4.27. The predicted molar refractivity (Wildman–Crippen MR) is 82.9 cm³/mol. The van der Waals surface area contributed by atoms with Crippen LogP contribution in [0.3, 0.4) is 0 Å². The number of aromatic amines is 1. The predicted octanol–water partition coefficient (Wildman–Crippen LogP) is 1.90. The monoisotopic (exact) mass is 312 g/mol. The fraction of sp³-hybridized carbons (Fsp3) is 0.786. The third-order valence-electron chi connectivity index (χ3n) is 4.67. The number of rotatable bonds is 4. The first-order valence-electron chi connectivity index (χ1n) is 7.79. The van der Waals surface area contributed by atoms with Crippen LogP contribution in [0.1, 0.15) is 50.1 Å². The third-order valence-corrected chi connectivity index (χ3v) is 5.97. The van der Waals surface area contributed by atoms with Crippen LogP contribution in [-0.2, 0) is 10.0 Å². The first kappa shape index (κ1) is 14.8. The van der Waals surface area contributed by atoms with Gasteiger partial charge in [0.15, 0.2) is 0 Å². The lowest BCUT2D eigenvalue weighted by Gasteiger charge is -2.30. The van der Waals surface area contributed by atoms with E-state index in [9.17, 15) is 8.42 Å². The molecule has 7 heteroatoms. The normalized spacial score (nSPS) is 22.7. The van der Waals surface area contributed by atoms with Crippen LogP contribution in [0.25, 0.3) is 0 Å². The molecule has 0 bridgehead atoms. The molecule has 0 aromatic carbocycles. The molecule has 2 fully saturated rings. The lowest BCUT2D eigenvalue weighted by molar-refractivity contribution is 0.331. The molecule has 1 saturated carbocycles. The summed E-state index contributed by atoms with van der Waals surface area (Å²) in [5, 5.41) is 10.9. The molecule has 0 atom stereocenters. The van der Waals surface area contributed by atoms with Crippen molar-refractivity contribution < 1.29 is 8.42 Å². The Morgan fingerprint density at radius 2 is 1.90 bits per heavy atom. The van der Waals surface area contributed by atoms with Gasteiger partial charge in [0, 0.05) is 36.8 Å². The first-order valence-corrected chi connectivity index (χ1v) is 9.64. The van der Waals surface area contributed by atoms with Crippen molar-refractivity contribution in [2.75, 3.05) is 24.7 Å². The zero-order valence-corrected chi connectivity index (χ0v) is 13.3. The van der Waals surface area contributed by atoms with E-state index in [-0.39, 0.29) is 0 Å². The summed E-state index contributed by atoms with van der Waals surface area (Å²) in [7, 11) is -3.05. The van der Waals surface area contributed by atoms with Gasteiger partial charge >= 0.3 is 0 Å². The number of sulfonamides is 1. The van der Waals surface area contributed by atoms with Gasteiger partial charge in [0.25, 0.3) is 0 Å². The fourth-order valence-electron chi connectivity index (χ4n) is 3.40. The summed E-state index contributed by atoms with van der Waals surface area (Å²) in [6, 6.07) is 2.43. The van der Waals surface area contributed by atoms with Crippen LogP contribution in [-0.4, -0.2) is 48.3 Å². The second-order valence-corrected chi connectivity index (χ2v) is 8.25. The van der Waals surface area contributed by atoms with E-state index in [4.69, 9.17) is 0 Å². The topological polar surface area (TPSA) is 78.1 Å². The third kappa shape index (κ3) is 3.58. The van der Waals surface area contributed by atoms with E-state index in [0.29, 0.717) is 25.0 Å². The van der Waals surface area contributed by atoms with E-state index < -0.39 is 10.0 Å². The van der Waals surface area contributed by atoms with Gasteiger partial charge < -0.3 is 5.32 Å². The summed E-state index contributed by atoms with van der Waals surface area (Å²) in [5.41, 5.74) is 1.24. The molecule has 2 N–H and O–H groups in total. The lowest BCUT2D eigenvalue weighted by Crippen LogP contribution is -2.41. The maximum atomic E-state index is 11.5. The van der Waals surface area contributed by atoms with Gasteiger partial charge in [0.05, 0.1) is 6.26 Å². The van der Waals surface area contributed by atoms with Crippen molar-refractivity contribution in [3.05, 3.63) is 11.8 Å². The summed E-state index contributed by atoms with van der Waals surface area (Å²) in [5.74, 6) is 1.54. The van der Waals surface area contributed by atoms with Gasteiger partial charge in [-0.2, -0.15) is 5.10 Å². The SMILES string of the molecule is CS(=O)(=O)N1CCC(Nc2cc(C3CCCC3)[nH]n2)CC1. The Morgan fingerprint density at radius 3 is 2.52 bits per heavy atom. The Balaban J connectivity index is 1.53. The van der Waals surface area contributed by atoms with Crippen LogP contribution in [0.5, 0.6) is 0 Å². The number of aromatic nitrogens is 2. The molecule has 2 heterocycles. The van der Waals surface area contributed by atoms with Crippen LogP contribution >= 0.6 is 0 Å². The summed E-state index contributed by atoms with van der Waals surface area (Å²) in [4.78, 5) is 0. The van der Waals surface area contributed by atoms with Crippen molar-refractivity contribution in [3.8, 4) is 0 Å². The standard InChI is InChI=1S/C14H24N4O2S/c1-21(19,20)18-8-6-12(7-9-18)15-14-10-13(16-17-14)11-4-2-3-5-11/h10-12H,2-9H2,1H3,(H2,15,16,17). The Morgan fingerprint density at radius 1 is 1.24 bits per heavy atom. The molecule has 21 heavy (non-hydrogen) atoms. The van der Waals surface area contributed by atoms with Crippen LogP contribution in [0.2, 0.25) is 0 Å². The van der Waals surface area contributed by atoms with Gasteiger partial charge in [-0.3, -0.25) is 5.10 Å².